The van der Waals surface area contributed by atoms with Crippen LogP contribution in [0.15, 0.2) is 53.5 Å². The molecule has 0 fully saturated rings. The van der Waals surface area contributed by atoms with Crippen LogP contribution in [0, 0.1) is 18.6 Å². The van der Waals surface area contributed by atoms with Crippen molar-refractivity contribution in [3.63, 3.8) is 0 Å². The molecule has 0 amide bonds. The van der Waals surface area contributed by atoms with E-state index in [1.807, 2.05) is 19.1 Å². The minimum atomic E-state index is -0.786. The van der Waals surface area contributed by atoms with Gasteiger partial charge < -0.3 is 14.0 Å². The third kappa shape index (κ3) is 4.36. The van der Waals surface area contributed by atoms with E-state index < -0.39 is 11.6 Å². The molecule has 1 N–H and O–H groups in total. The summed E-state index contributed by atoms with van der Waals surface area (Å²) in [5.41, 5.74) is 2.78. The maximum Gasteiger partial charge on any atom is 0.253 e. The molecule has 0 atom stereocenters. The number of anilines is 1. The van der Waals surface area contributed by atoms with Crippen LogP contribution >= 0.6 is 11.9 Å². The molecule has 1 aromatic heterocycles. The molecule has 0 radical (unpaired) electrons. The summed E-state index contributed by atoms with van der Waals surface area (Å²) in [5.74, 6) is -0.252. The van der Waals surface area contributed by atoms with Crippen molar-refractivity contribution < 1.29 is 13.5 Å². The predicted octanol–water partition coefficient (Wildman–Crippen LogP) is 5.51. The number of nitrogens with zero attached hydrogens (tertiary/aromatic N) is 1. The molecule has 0 aliphatic heterocycles. The van der Waals surface area contributed by atoms with Crippen LogP contribution < -0.4 is 15.0 Å². The lowest BCUT2D eigenvalue weighted by Crippen LogP contribution is -2.18. The second kappa shape index (κ2) is 8.48. The maximum absolute atomic E-state index is 14.1. The fraction of sp³-hybridized carbons (Fsp3) is 0.190. The zero-order chi connectivity index (χ0) is 20.3. The van der Waals surface area contributed by atoms with Crippen molar-refractivity contribution >= 4 is 17.6 Å². The summed E-state index contributed by atoms with van der Waals surface area (Å²) in [5, 5.41) is 0. The van der Waals surface area contributed by atoms with Crippen molar-refractivity contribution in [1.82, 2.24) is 4.57 Å². The molecular weight excluding hydrogens is 382 g/mol. The summed E-state index contributed by atoms with van der Waals surface area (Å²) in [7, 11) is 1.67. The smallest absolute Gasteiger partial charge is 0.253 e. The van der Waals surface area contributed by atoms with Crippen LogP contribution in [0.2, 0.25) is 0 Å². The van der Waals surface area contributed by atoms with Crippen LogP contribution in [-0.4, -0.2) is 10.3 Å². The van der Waals surface area contributed by atoms with Crippen LogP contribution in [0.25, 0.3) is 11.1 Å². The largest absolute Gasteiger partial charge is 0.454 e. The highest BCUT2D eigenvalue weighted by Gasteiger charge is 2.14. The molecule has 0 unspecified atom stereocenters. The second-order valence-electron chi connectivity index (χ2n) is 6.25. The molecule has 3 rings (SSSR count). The second-order valence-corrected chi connectivity index (χ2v) is 7.32. The van der Waals surface area contributed by atoms with Crippen molar-refractivity contribution in [3.8, 4) is 22.6 Å². The van der Waals surface area contributed by atoms with Gasteiger partial charge in [0.15, 0.2) is 11.6 Å². The third-order valence-corrected chi connectivity index (χ3v) is 4.77. The molecule has 0 spiro atoms. The monoisotopic (exact) mass is 402 g/mol. The van der Waals surface area contributed by atoms with E-state index >= 15 is 0 Å². The average Bonchev–Trinajstić information content (AvgIpc) is 2.67. The highest BCUT2D eigenvalue weighted by molar-refractivity contribution is 8.00. The summed E-state index contributed by atoms with van der Waals surface area (Å²) in [4.78, 5) is 12.0. The lowest BCUT2D eigenvalue weighted by Gasteiger charge is -2.15. The number of ether oxygens (including phenoxy) is 1. The molecule has 3 aromatic rings. The number of pyridine rings is 1. The molecule has 28 heavy (non-hydrogen) atoms. The Labute approximate surface area is 166 Å². The molecule has 4 nitrogen and oxygen atoms in total. The lowest BCUT2D eigenvalue weighted by molar-refractivity contribution is 0.439. The highest BCUT2D eigenvalue weighted by atomic mass is 32.2. The standard InChI is InChI=1S/C21H20F2N2O2S/c1-4-28-24-16-6-8-19(27-20-7-5-15(22)10-18(20)23)17(11-16)14-9-13(2)21(26)25(3)12-14/h5-12,24H,4H2,1-3H3. The summed E-state index contributed by atoms with van der Waals surface area (Å²) in [6, 6.07) is 10.3. The lowest BCUT2D eigenvalue weighted by atomic mass is 10.0. The van der Waals surface area contributed by atoms with Gasteiger partial charge in [-0.1, -0.05) is 18.9 Å². The van der Waals surface area contributed by atoms with Gasteiger partial charge in [-0.25, -0.2) is 8.78 Å². The number of hydrogen-bond acceptors (Lipinski definition) is 4. The molecule has 0 saturated heterocycles. The van der Waals surface area contributed by atoms with Crippen molar-refractivity contribution in [3.05, 3.63) is 76.2 Å². The van der Waals surface area contributed by atoms with Gasteiger partial charge in [0.25, 0.3) is 5.56 Å². The Kier molecular flexibility index (Phi) is 6.04. The van der Waals surface area contributed by atoms with E-state index in [9.17, 15) is 13.6 Å². The molecule has 0 saturated carbocycles. The first kappa shape index (κ1) is 19.9. The van der Waals surface area contributed by atoms with E-state index in [-0.39, 0.29) is 11.3 Å². The van der Waals surface area contributed by atoms with Gasteiger partial charge in [0.2, 0.25) is 0 Å². The Morgan fingerprint density at radius 3 is 2.54 bits per heavy atom. The Balaban J connectivity index is 2.10. The minimum absolute atomic E-state index is 0.0761. The number of aryl methyl sites for hydroxylation is 2. The van der Waals surface area contributed by atoms with Gasteiger partial charge >= 0.3 is 0 Å². The fourth-order valence-electron chi connectivity index (χ4n) is 2.76. The number of nitrogens with one attached hydrogen (secondary N) is 1. The van der Waals surface area contributed by atoms with Gasteiger partial charge in [0, 0.05) is 47.4 Å². The van der Waals surface area contributed by atoms with E-state index in [1.165, 1.54) is 10.6 Å². The van der Waals surface area contributed by atoms with Gasteiger partial charge in [0.1, 0.15) is 11.6 Å². The normalized spacial score (nSPS) is 10.8. The molecule has 0 aliphatic carbocycles. The van der Waals surface area contributed by atoms with Gasteiger partial charge in [-0.2, -0.15) is 0 Å². The predicted molar refractivity (Wildman–Crippen MR) is 110 cm³/mol. The Bertz CT molecular complexity index is 1040. The molecular formula is C21H20F2N2O2S. The molecule has 2 aromatic carbocycles. The van der Waals surface area contributed by atoms with Crippen LogP contribution in [0.1, 0.15) is 12.5 Å². The Morgan fingerprint density at radius 1 is 1.11 bits per heavy atom. The number of benzene rings is 2. The van der Waals surface area contributed by atoms with Gasteiger partial charge in [-0.05, 0) is 43.3 Å². The topological polar surface area (TPSA) is 43.3 Å². The number of aromatic nitrogens is 1. The van der Waals surface area contributed by atoms with Crippen LogP contribution in [0.3, 0.4) is 0 Å². The Morgan fingerprint density at radius 2 is 1.86 bits per heavy atom. The first-order chi connectivity index (χ1) is 13.4. The number of rotatable bonds is 6. The van der Waals surface area contributed by atoms with Crippen LogP contribution in [0.4, 0.5) is 14.5 Å². The summed E-state index contributed by atoms with van der Waals surface area (Å²) in [6.07, 6.45) is 1.70. The van der Waals surface area contributed by atoms with Crippen LogP contribution in [-0.2, 0) is 7.05 Å². The zero-order valence-corrected chi connectivity index (χ0v) is 16.6. The third-order valence-electron chi connectivity index (χ3n) is 4.10. The average molecular weight is 402 g/mol. The zero-order valence-electron chi connectivity index (χ0n) is 15.8. The highest BCUT2D eigenvalue weighted by Crippen LogP contribution is 2.37. The molecule has 0 aliphatic rings. The first-order valence-electron chi connectivity index (χ1n) is 8.71. The number of hydrogen-bond donors (Lipinski definition) is 1. The SMILES string of the molecule is CCSNc1ccc(Oc2ccc(F)cc2F)c(-c2cc(C)c(=O)n(C)c2)c1. The van der Waals surface area contributed by atoms with Gasteiger partial charge in [0.05, 0.1) is 0 Å². The summed E-state index contributed by atoms with van der Waals surface area (Å²) in [6.45, 7) is 3.77. The summed E-state index contributed by atoms with van der Waals surface area (Å²) >= 11 is 1.54. The van der Waals surface area contributed by atoms with E-state index in [0.29, 0.717) is 16.9 Å². The molecule has 1 heterocycles. The van der Waals surface area contributed by atoms with E-state index in [4.69, 9.17) is 4.74 Å². The van der Waals surface area contributed by atoms with Crippen molar-refractivity contribution in [2.24, 2.45) is 7.05 Å². The first-order valence-corrected chi connectivity index (χ1v) is 9.70. The minimum Gasteiger partial charge on any atom is -0.454 e. The number of halogens is 2. The van der Waals surface area contributed by atoms with Crippen LogP contribution in [0.5, 0.6) is 11.5 Å². The van der Waals surface area contributed by atoms with Gasteiger partial charge in [-0.15, -0.1) is 0 Å². The quantitative estimate of drug-likeness (QED) is 0.552. The van der Waals surface area contributed by atoms with E-state index in [0.717, 1.165) is 29.1 Å². The summed E-state index contributed by atoms with van der Waals surface area (Å²) < 4.78 is 37.7. The Hall–Kier alpha value is -2.80. The molecule has 146 valence electrons. The fourth-order valence-corrected chi connectivity index (χ4v) is 3.20. The molecule has 0 bridgehead atoms. The van der Waals surface area contributed by atoms with E-state index in [2.05, 4.69) is 4.72 Å². The maximum atomic E-state index is 14.1. The van der Waals surface area contributed by atoms with Crippen molar-refractivity contribution in [2.45, 2.75) is 13.8 Å². The van der Waals surface area contributed by atoms with Gasteiger partial charge in [-0.3, -0.25) is 4.79 Å². The van der Waals surface area contributed by atoms with Crippen molar-refractivity contribution in [1.29, 1.82) is 0 Å². The van der Waals surface area contributed by atoms with Crippen molar-refractivity contribution in [2.75, 3.05) is 10.5 Å². The van der Waals surface area contributed by atoms with E-state index in [1.54, 1.807) is 44.2 Å². The molecule has 7 heteroatoms.